The van der Waals surface area contributed by atoms with E-state index in [0.717, 1.165) is 0 Å². The second-order valence-electron chi connectivity index (χ2n) is 7.58. The molecule has 7 heteroatoms. The molecule has 2 aromatic carbocycles. The van der Waals surface area contributed by atoms with Gasteiger partial charge >= 0.3 is 0 Å². The minimum Gasteiger partial charge on any atom is -0.507 e. The van der Waals surface area contributed by atoms with E-state index in [0.29, 0.717) is 29.9 Å². The molecule has 0 spiro atoms. The number of carbonyl (C=O) groups is 2. The van der Waals surface area contributed by atoms with Crippen molar-refractivity contribution in [3.05, 3.63) is 71.0 Å². The lowest BCUT2D eigenvalue weighted by Crippen LogP contribution is -2.31. The maximum absolute atomic E-state index is 13.5. The third kappa shape index (κ3) is 4.94. The van der Waals surface area contributed by atoms with Gasteiger partial charge < -0.3 is 19.5 Å². The number of hydrogen-bond acceptors (Lipinski definition) is 5. The van der Waals surface area contributed by atoms with Crippen molar-refractivity contribution in [2.24, 2.45) is 0 Å². The Morgan fingerprint density at radius 3 is 2.32 bits per heavy atom. The lowest BCUT2D eigenvalue weighted by atomic mass is 9.95. The molecule has 0 radical (unpaired) electrons. The Kier molecular flexibility index (Phi) is 7.07. The summed E-state index contributed by atoms with van der Waals surface area (Å²) in [6.45, 7) is 4.48. The van der Waals surface area contributed by atoms with E-state index in [9.17, 15) is 19.1 Å². The van der Waals surface area contributed by atoms with Crippen molar-refractivity contribution in [1.29, 1.82) is 0 Å². The molecule has 0 aliphatic carbocycles. The second kappa shape index (κ2) is 9.75. The van der Waals surface area contributed by atoms with Crippen LogP contribution in [0.4, 0.5) is 4.39 Å². The average molecular weight is 427 g/mol. The van der Waals surface area contributed by atoms with Gasteiger partial charge in [-0.05, 0) is 62.2 Å². The summed E-state index contributed by atoms with van der Waals surface area (Å²) in [5.41, 5.74) is 0.906. The predicted octanol–water partition coefficient (Wildman–Crippen LogP) is 4.07. The van der Waals surface area contributed by atoms with Crippen molar-refractivity contribution in [2.45, 2.75) is 32.4 Å². The number of amides is 1. The van der Waals surface area contributed by atoms with Crippen LogP contribution in [0.5, 0.6) is 5.75 Å². The zero-order valence-corrected chi connectivity index (χ0v) is 17.8. The van der Waals surface area contributed by atoms with E-state index in [1.54, 1.807) is 31.4 Å². The van der Waals surface area contributed by atoms with Gasteiger partial charge in [0.05, 0.1) is 17.7 Å². The van der Waals surface area contributed by atoms with Crippen LogP contribution in [0.15, 0.2) is 54.1 Å². The number of Topliss-reactive ketones (excluding diaryl/α,β-unsaturated/α-hetero) is 1. The molecule has 1 aliphatic heterocycles. The Morgan fingerprint density at radius 1 is 1.10 bits per heavy atom. The number of hydrogen-bond donors (Lipinski definition) is 1. The van der Waals surface area contributed by atoms with Crippen LogP contribution in [0.1, 0.15) is 37.4 Å². The number of aliphatic hydroxyl groups is 1. The quantitative estimate of drug-likeness (QED) is 0.297. The first-order valence-corrected chi connectivity index (χ1v) is 10.1. The fourth-order valence-corrected chi connectivity index (χ4v) is 3.60. The van der Waals surface area contributed by atoms with Gasteiger partial charge in [-0.3, -0.25) is 9.59 Å². The molecular formula is C24H26FNO5. The number of likely N-dealkylation sites (tertiary alicyclic amines) is 1. The Balaban J connectivity index is 2.04. The molecule has 0 saturated carbocycles. The number of benzene rings is 2. The maximum atomic E-state index is 13.5. The number of methoxy groups -OCH3 is 1. The molecule has 1 aliphatic rings. The summed E-state index contributed by atoms with van der Waals surface area (Å²) in [6.07, 6.45) is 0.512. The predicted molar refractivity (Wildman–Crippen MR) is 114 cm³/mol. The van der Waals surface area contributed by atoms with Crippen LogP contribution in [0.25, 0.3) is 5.76 Å². The van der Waals surface area contributed by atoms with Crippen molar-refractivity contribution in [2.75, 3.05) is 20.3 Å². The number of carbonyl (C=O) groups excluding carboxylic acids is 2. The van der Waals surface area contributed by atoms with E-state index < -0.39 is 23.5 Å². The molecule has 0 unspecified atom stereocenters. The van der Waals surface area contributed by atoms with Crippen LogP contribution in [-0.4, -0.2) is 48.1 Å². The number of rotatable bonds is 8. The molecule has 0 bridgehead atoms. The minimum absolute atomic E-state index is 0.00431. The zero-order chi connectivity index (χ0) is 22.5. The highest BCUT2D eigenvalue weighted by molar-refractivity contribution is 6.46. The van der Waals surface area contributed by atoms with Gasteiger partial charge in [-0.2, -0.15) is 0 Å². The first-order chi connectivity index (χ1) is 14.8. The average Bonchev–Trinajstić information content (AvgIpc) is 2.99. The number of halogens is 1. The molecule has 1 atom stereocenters. The summed E-state index contributed by atoms with van der Waals surface area (Å²) in [5.74, 6) is -1.56. The van der Waals surface area contributed by atoms with Gasteiger partial charge in [-0.1, -0.05) is 12.1 Å². The molecule has 1 heterocycles. The Labute approximate surface area is 180 Å². The van der Waals surface area contributed by atoms with Crippen LogP contribution < -0.4 is 4.74 Å². The molecule has 164 valence electrons. The maximum Gasteiger partial charge on any atom is 0.295 e. The molecule has 3 rings (SSSR count). The lowest BCUT2D eigenvalue weighted by molar-refractivity contribution is -0.140. The standard InChI is InChI=1S/C24H26FNO5/c1-15(2)31-19-11-7-17(8-12-19)22(27)20-21(16-5-9-18(25)10-6-16)26(13-4-14-30-3)24(29)23(20)28/h5-12,15,21,27H,4,13-14H2,1-3H3/b22-20+/t21-/m0/s1. The van der Waals surface area contributed by atoms with Crippen molar-refractivity contribution < 1.29 is 28.6 Å². The number of ether oxygens (including phenoxy) is 2. The Morgan fingerprint density at radius 2 is 1.74 bits per heavy atom. The zero-order valence-electron chi connectivity index (χ0n) is 17.8. The number of nitrogens with zero attached hydrogens (tertiary/aromatic N) is 1. The SMILES string of the molecule is COCCCN1C(=O)C(=O)/C(=C(/O)c2ccc(OC(C)C)cc2)[C@@H]1c1ccc(F)cc1. The normalized spacial score (nSPS) is 18.1. The van der Waals surface area contributed by atoms with Crippen LogP contribution in [0.3, 0.4) is 0 Å². The molecule has 31 heavy (non-hydrogen) atoms. The molecular weight excluding hydrogens is 401 g/mol. The van der Waals surface area contributed by atoms with E-state index in [1.807, 2.05) is 13.8 Å². The highest BCUT2D eigenvalue weighted by Gasteiger charge is 2.45. The highest BCUT2D eigenvalue weighted by Crippen LogP contribution is 2.39. The third-order valence-corrected chi connectivity index (χ3v) is 4.97. The van der Waals surface area contributed by atoms with Gasteiger partial charge in [0.1, 0.15) is 17.3 Å². The minimum atomic E-state index is -0.816. The van der Waals surface area contributed by atoms with Gasteiger partial charge in [0.25, 0.3) is 11.7 Å². The fraction of sp³-hybridized carbons (Fsp3) is 0.333. The Bertz CT molecular complexity index is 966. The van der Waals surface area contributed by atoms with E-state index in [2.05, 4.69) is 0 Å². The van der Waals surface area contributed by atoms with Crippen LogP contribution in [0, 0.1) is 5.82 Å². The van der Waals surface area contributed by atoms with Gasteiger partial charge in [0.15, 0.2) is 0 Å². The first kappa shape index (κ1) is 22.5. The smallest absolute Gasteiger partial charge is 0.295 e. The van der Waals surface area contributed by atoms with Crippen molar-refractivity contribution in [3.8, 4) is 5.75 Å². The topological polar surface area (TPSA) is 76.1 Å². The molecule has 1 saturated heterocycles. The summed E-state index contributed by atoms with van der Waals surface area (Å²) in [5, 5.41) is 11.0. The molecule has 1 amide bonds. The first-order valence-electron chi connectivity index (χ1n) is 10.1. The van der Waals surface area contributed by atoms with Crippen LogP contribution in [-0.2, 0) is 14.3 Å². The van der Waals surface area contributed by atoms with Crippen molar-refractivity contribution in [3.63, 3.8) is 0 Å². The monoisotopic (exact) mass is 427 g/mol. The van der Waals surface area contributed by atoms with Gasteiger partial charge in [-0.25, -0.2) is 4.39 Å². The molecule has 2 aromatic rings. The molecule has 0 aromatic heterocycles. The highest BCUT2D eigenvalue weighted by atomic mass is 19.1. The molecule has 6 nitrogen and oxygen atoms in total. The summed E-state index contributed by atoms with van der Waals surface area (Å²) in [6, 6.07) is 11.4. The van der Waals surface area contributed by atoms with Gasteiger partial charge in [0.2, 0.25) is 0 Å². The lowest BCUT2D eigenvalue weighted by Gasteiger charge is -2.25. The molecule has 1 fully saturated rings. The second-order valence-corrected chi connectivity index (χ2v) is 7.58. The number of aliphatic hydroxyl groups excluding tert-OH is 1. The summed E-state index contributed by atoms with van der Waals surface area (Å²) in [7, 11) is 1.55. The summed E-state index contributed by atoms with van der Waals surface area (Å²) in [4.78, 5) is 27.1. The van der Waals surface area contributed by atoms with E-state index in [1.165, 1.54) is 29.2 Å². The van der Waals surface area contributed by atoms with Crippen molar-refractivity contribution in [1.82, 2.24) is 4.90 Å². The largest absolute Gasteiger partial charge is 0.507 e. The van der Waals surface area contributed by atoms with E-state index in [-0.39, 0.29) is 24.0 Å². The third-order valence-electron chi connectivity index (χ3n) is 4.97. The summed E-state index contributed by atoms with van der Waals surface area (Å²) < 4.78 is 24.2. The van der Waals surface area contributed by atoms with Crippen molar-refractivity contribution >= 4 is 17.4 Å². The van der Waals surface area contributed by atoms with Crippen LogP contribution in [0.2, 0.25) is 0 Å². The van der Waals surface area contributed by atoms with Gasteiger partial charge in [-0.15, -0.1) is 0 Å². The van der Waals surface area contributed by atoms with E-state index >= 15 is 0 Å². The fourth-order valence-electron chi connectivity index (χ4n) is 3.60. The van der Waals surface area contributed by atoms with Gasteiger partial charge in [0, 0.05) is 25.8 Å². The molecule has 1 N–H and O–H groups in total. The summed E-state index contributed by atoms with van der Waals surface area (Å²) >= 11 is 0. The van der Waals surface area contributed by atoms with E-state index in [4.69, 9.17) is 9.47 Å². The van der Waals surface area contributed by atoms with Crippen LogP contribution >= 0.6 is 0 Å². The Hall–Kier alpha value is -3.19. The number of ketones is 1.